The van der Waals surface area contributed by atoms with Gasteiger partial charge in [-0.05, 0) is 32.1 Å². The summed E-state index contributed by atoms with van der Waals surface area (Å²) in [5.74, 6) is -0.451. The molecule has 114 valence electrons. The monoisotopic (exact) mass is 310 g/mol. The van der Waals surface area contributed by atoms with Crippen LogP contribution in [0.5, 0.6) is 0 Å². The van der Waals surface area contributed by atoms with Crippen LogP contribution in [0.4, 0.5) is 5.00 Å². The van der Waals surface area contributed by atoms with Crippen LogP contribution in [0.15, 0.2) is 0 Å². The first-order valence-corrected chi connectivity index (χ1v) is 8.03. The summed E-state index contributed by atoms with van der Waals surface area (Å²) in [7, 11) is 1.34. The van der Waals surface area contributed by atoms with E-state index in [1.165, 1.54) is 18.4 Å². The molecule has 6 nitrogen and oxygen atoms in total. The smallest absolute Gasteiger partial charge is 0.367 e. The van der Waals surface area contributed by atoms with Crippen LogP contribution in [0.2, 0.25) is 0 Å². The molecule has 1 atom stereocenters. The molecule has 1 aromatic rings. The number of methoxy groups -OCH3 is 1. The second-order valence-corrected chi connectivity index (χ2v) is 6.19. The number of nitrogens with zero attached hydrogens (tertiary/aromatic N) is 2. The van der Waals surface area contributed by atoms with Gasteiger partial charge in [-0.15, -0.1) is 0 Å². The standard InChI is InChI=1S/C14H18N2O4S/c1-19-14(18)11-15-9-5-2-3-7-16(13(9)21-11)12(17)10-6-4-8-20-10/h10H,2-8H2,1H3/t10-/m1/s1. The number of thiazole rings is 1. The Morgan fingerprint density at radius 2 is 2.24 bits per heavy atom. The minimum Gasteiger partial charge on any atom is -0.464 e. The SMILES string of the molecule is COC(=O)c1nc2c(s1)N(C(=O)[C@H]1CCCO1)CCCC2. The van der Waals surface area contributed by atoms with Gasteiger partial charge in [-0.1, -0.05) is 11.3 Å². The fourth-order valence-electron chi connectivity index (χ4n) is 2.71. The molecule has 3 rings (SSSR count). The van der Waals surface area contributed by atoms with Crippen molar-refractivity contribution in [2.75, 3.05) is 25.2 Å². The van der Waals surface area contributed by atoms with E-state index in [4.69, 9.17) is 9.47 Å². The van der Waals surface area contributed by atoms with Crippen LogP contribution >= 0.6 is 11.3 Å². The van der Waals surface area contributed by atoms with Gasteiger partial charge >= 0.3 is 5.97 Å². The highest BCUT2D eigenvalue weighted by Gasteiger charge is 2.33. The lowest BCUT2D eigenvalue weighted by atomic mass is 10.2. The highest BCUT2D eigenvalue weighted by molar-refractivity contribution is 7.17. The molecule has 0 bridgehead atoms. The van der Waals surface area contributed by atoms with Crippen molar-refractivity contribution in [3.05, 3.63) is 10.7 Å². The van der Waals surface area contributed by atoms with Gasteiger partial charge in [-0.2, -0.15) is 0 Å². The van der Waals surface area contributed by atoms with Gasteiger partial charge in [0.25, 0.3) is 5.91 Å². The highest BCUT2D eigenvalue weighted by Crippen LogP contribution is 2.34. The van der Waals surface area contributed by atoms with Crippen LogP contribution in [0.1, 0.15) is 41.2 Å². The van der Waals surface area contributed by atoms with E-state index in [0.717, 1.165) is 42.8 Å². The summed E-state index contributed by atoms with van der Waals surface area (Å²) in [5, 5.41) is 1.10. The van der Waals surface area contributed by atoms with E-state index >= 15 is 0 Å². The number of esters is 1. The van der Waals surface area contributed by atoms with Crippen molar-refractivity contribution in [2.45, 2.75) is 38.2 Å². The average molecular weight is 310 g/mol. The molecule has 7 heteroatoms. The third kappa shape index (κ3) is 2.80. The largest absolute Gasteiger partial charge is 0.464 e. The van der Waals surface area contributed by atoms with Crippen molar-refractivity contribution in [3.63, 3.8) is 0 Å². The Hall–Kier alpha value is -1.47. The number of ether oxygens (including phenoxy) is 2. The average Bonchev–Trinajstić information content (AvgIpc) is 3.13. The van der Waals surface area contributed by atoms with Gasteiger partial charge in [-0.25, -0.2) is 9.78 Å². The number of anilines is 1. The second kappa shape index (κ2) is 6.11. The van der Waals surface area contributed by atoms with Crippen molar-refractivity contribution in [3.8, 4) is 0 Å². The fraction of sp³-hybridized carbons (Fsp3) is 0.643. The molecule has 1 amide bonds. The number of aromatic nitrogens is 1. The number of aryl methyl sites for hydroxylation is 1. The Labute approximate surface area is 127 Å². The first kappa shape index (κ1) is 14.5. The van der Waals surface area contributed by atoms with Crippen LogP contribution in [0.25, 0.3) is 0 Å². The molecule has 0 aliphatic carbocycles. The topological polar surface area (TPSA) is 68.7 Å². The molecule has 0 spiro atoms. The number of amides is 1. The molecule has 0 N–H and O–H groups in total. The lowest BCUT2D eigenvalue weighted by molar-refractivity contribution is -0.127. The maximum Gasteiger partial charge on any atom is 0.367 e. The van der Waals surface area contributed by atoms with Crippen LogP contribution in [-0.2, 0) is 20.7 Å². The van der Waals surface area contributed by atoms with Crippen LogP contribution < -0.4 is 4.90 Å². The summed E-state index contributed by atoms with van der Waals surface area (Å²) in [6, 6.07) is 0. The van der Waals surface area contributed by atoms with Crippen molar-refractivity contribution >= 4 is 28.2 Å². The summed E-state index contributed by atoms with van der Waals surface area (Å²) in [6.45, 7) is 1.31. The van der Waals surface area contributed by atoms with Gasteiger partial charge in [-0.3, -0.25) is 9.69 Å². The van der Waals surface area contributed by atoms with E-state index in [1.54, 1.807) is 4.90 Å². The Morgan fingerprint density at radius 3 is 2.95 bits per heavy atom. The summed E-state index contributed by atoms with van der Waals surface area (Å²) in [6.07, 6.45) is 4.04. The van der Waals surface area contributed by atoms with Gasteiger partial charge in [0.1, 0.15) is 11.1 Å². The molecule has 1 saturated heterocycles. The van der Waals surface area contributed by atoms with E-state index in [0.29, 0.717) is 18.2 Å². The van der Waals surface area contributed by atoms with Crippen molar-refractivity contribution in [1.29, 1.82) is 0 Å². The zero-order valence-corrected chi connectivity index (χ0v) is 12.8. The lowest BCUT2D eigenvalue weighted by Gasteiger charge is -2.22. The number of fused-ring (bicyclic) bond motifs is 1. The predicted molar refractivity (Wildman–Crippen MR) is 77.7 cm³/mol. The molecule has 21 heavy (non-hydrogen) atoms. The molecule has 1 aromatic heterocycles. The summed E-state index contributed by atoms with van der Waals surface area (Å²) in [4.78, 5) is 30.4. The normalized spacial score (nSPS) is 21.8. The number of hydrogen-bond donors (Lipinski definition) is 0. The Kier molecular flexibility index (Phi) is 4.21. The highest BCUT2D eigenvalue weighted by atomic mass is 32.1. The zero-order chi connectivity index (χ0) is 14.8. The van der Waals surface area contributed by atoms with Crippen molar-refractivity contribution in [1.82, 2.24) is 4.98 Å². The van der Waals surface area contributed by atoms with Gasteiger partial charge in [0, 0.05) is 13.2 Å². The van der Waals surface area contributed by atoms with E-state index in [1.807, 2.05) is 0 Å². The van der Waals surface area contributed by atoms with E-state index in [9.17, 15) is 9.59 Å². The molecule has 0 saturated carbocycles. The number of carbonyl (C=O) groups excluding carboxylic acids is 2. The molecular weight excluding hydrogens is 292 g/mol. The number of hydrogen-bond acceptors (Lipinski definition) is 6. The van der Waals surface area contributed by atoms with E-state index in [-0.39, 0.29) is 12.0 Å². The fourth-order valence-corrected chi connectivity index (χ4v) is 3.78. The Bertz CT molecular complexity index is 551. The summed E-state index contributed by atoms with van der Waals surface area (Å²) >= 11 is 1.24. The van der Waals surface area contributed by atoms with E-state index < -0.39 is 5.97 Å². The molecule has 0 unspecified atom stereocenters. The Balaban J connectivity index is 1.90. The predicted octanol–water partition coefficient (Wildman–Crippen LogP) is 1.78. The maximum absolute atomic E-state index is 12.6. The number of carbonyl (C=O) groups is 2. The molecule has 0 radical (unpaired) electrons. The van der Waals surface area contributed by atoms with Crippen LogP contribution in [0, 0.1) is 0 Å². The van der Waals surface area contributed by atoms with Gasteiger partial charge in [0.2, 0.25) is 5.01 Å². The Morgan fingerprint density at radius 1 is 1.38 bits per heavy atom. The zero-order valence-electron chi connectivity index (χ0n) is 12.0. The quantitative estimate of drug-likeness (QED) is 0.779. The van der Waals surface area contributed by atoms with E-state index in [2.05, 4.69) is 4.98 Å². The molecule has 3 heterocycles. The minimum absolute atomic E-state index is 0.00397. The number of rotatable bonds is 2. The minimum atomic E-state index is -0.447. The molecule has 0 aromatic carbocycles. The third-order valence-electron chi connectivity index (χ3n) is 3.80. The van der Waals surface area contributed by atoms with Gasteiger partial charge in [0.15, 0.2) is 0 Å². The second-order valence-electron chi connectivity index (χ2n) is 5.21. The third-order valence-corrected chi connectivity index (χ3v) is 4.90. The van der Waals surface area contributed by atoms with Crippen molar-refractivity contribution < 1.29 is 19.1 Å². The van der Waals surface area contributed by atoms with Crippen LogP contribution in [0.3, 0.4) is 0 Å². The van der Waals surface area contributed by atoms with Crippen LogP contribution in [-0.4, -0.2) is 43.2 Å². The molecule has 2 aliphatic heterocycles. The van der Waals surface area contributed by atoms with Gasteiger partial charge < -0.3 is 9.47 Å². The van der Waals surface area contributed by atoms with Gasteiger partial charge in [0.05, 0.1) is 12.8 Å². The summed E-state index contributed by atoms with van der Waals surface area (Å²) < 4.78 is 10.2. The first-order valence-electron chi connectivity index (χ1n) is 7.21. The lowest BCUT2D eigenvalue weighted by Crippen LogP contribution is -2.39. The molecule has 1 fully saturated rings. The molecular formula is C14H18N2O4S. The summed E-state index contributed by atoms with van der Waals surface area (Å²) in [5.41, 5.74) is 0.823. The maximum atomic E-state index is 12.6. The first-order chi connectivity index (χ1) is 10.2. The molecule has 2 aliphatic rings. The van der Waals surface area contributed by atoms with Crippen molar-refractivity contribution in [2.24, 2.45) is 0 Å².